The molecule has 0 aromatic heterocycles. The maximum absolute atomic E-state index is 10.6. The Bertz CT molecular complexity index is 301. The van der Waals surface area contributed by atoms with Gasteiger partial charge in [-0.1, -0.05) is 20.3 Å². The van der Waals surface area contributed by atoms with Gasteiger partial charge in [-0.15, -0.1) is 0 Å². The van der Waals surface area contributed by atoms with Gasteiger partial charge in [0.1, 0.15) is 0 Å². The number of hydrogen-bond donors (Lipinski definition) is 1. The van der Waals surface area contributed by atoms with Gasteiger partial charge >= 0.3 is 0 Å². The van der Waals surface area contributed by atoms with Gasteiger partial charge in [-0.05, 0) is 39.2 Å². The Morgan fingerprint density at radius 2 is 1.78 bits per heavy atom. The van der Waals surface area contributed by atoms with Crippen LogP contribution in [0, 0.1) is 5.41 Å². The van der Waals surface area contributed by atoms with E-state index in [1.165, 1.54) is 6.42 Å². The number of aliphatic hydroxyl groups excluding tert-OH is 1. The fourth-order valence-electron chi connectivity index (χ4n) is 3.54. The monoisotopic (exact) mass is 254 g/mol. The maximum atomic E-state index is 10.6. The quantitative estimate of drug-likeness (QED) is 0.775. The van der Waals surface area contributed by atoms with Crippen LogP contribution < -0.4 is 0 Å². The van der Waals surface area contributed by atoms with E-state index in [0.717, 1.165) is 32.5 Å². The van der Waals surface area contributed by atoms with Crippen molar-refractivity contribution in [2.45, 2.75) is 64.6 Å². The van der Waals surface area contributed by atoms with E-state index in [-0.39, 0.29) is 17.1 Å². The molecule has 1 N–H and O–H groups in total. The van der Waals surface area contributed by atoms with Crippen molar-refractivity contribution >= 4 is 0 Å². The molecule has 18 heavy (non-hydrogen) atoms. The van der Waals surface area contributed by atoms with Crippen molar-refractivity contribution in [1.29, 1.82) is 0 Å². The number of likely N-dealkylation sites (N-methyl/N-ethyl adjacent to an activating group) is 1. The average molecular weight is 254 g/mol. The topological polar surface area (TPSA) is 26.7 Å². The van der Waals surface area contributed by atoms with Gasteiger partial charge in [0.2, 0.25) is 0 Å². The molecule has 0 bridgehead atoms. The Morgan fingerprint density at radius 1 is 1.11 bits per heavy atom. The minimum atomic E-state index is -0.176. The number of hydrogen-bond acceptors (Lipinski definition) is 3. The lowest BCUT2D eigenvalue weighted by atomic mass is 9.71. The molecule has 2 rings (SSSR count). The Kier molecular flexibility index (Phi) is 3.79. The Labute approximate surface area is 112 Å². The van der Waals surface area contributed by atoms with E-state index in [1.807, 2.05) is 0 Å². The summed E-state index contributed by atoms with van der Waals surface area (Å²) in [6.07, 6.45) is 3.39. The summed E-state index contributed by atoms with van der Waals surface area (Å²) in [7, 11) is 2.21. The maximum Gasteiger partial charge on any atom is 0.0746 e. The summed E-state index contributed by atoms with van der Waals surface area (Å²) < 4.78 is 0. The first-order valence-electron chi connectivity index (χ1n) is 7.37. The van der Waals surface area contributed by atoms with Crippen molar-refractivity contribution < 1.29 is 5.11 Å². The van der Waals surface area contributed by atoms with Gasteiger partial charge in [-0.2, -0.15) is 0 Å². The fraction of sp³-hybridized carbons (Fsp3) is 1.00. The summed E-state index contributed by atoms with van der Waals surface area (Å²) in [5, 5.41) is 10.6. The van der Waals surface area contributed by atoms with E-state index in [2.05, 4.69) is 44.5 Å². The molecule has 0 aromatic rings. The lowest BCUT2D eigenvalue weighted by Crippen LogP contribution is -2.63. The molecule has 3 nitrogen and oxygen atoms in total. The average Bonchev–Trinajstić information content (AvgIpc) is 2.26. The highest BCUT2D eigenvalue weighted by atomic mass is 16.3. The van der Waals surface area contributed by atoms with Crippen molar-refractivity contribution in [3.8, 4) is 0 Å². The molecule has 0 aromatic carbocycles. The largest absolute Gasteiger partial charge is 0.391 e. The van der Waals surface area contributed by atoms with Crippen LogP contribution in [0.25, 0.3) is 0 Å². The summed E-state index contributed by atoms with van der Waals surface area (Å²) in [6.45, 7) is 12.3. The molecular formula is C15H30N2O. The molecule has 106 valence electrons. The molecule has 1 heterocycles. The van der Waals surface area contributed by atoms with Gasteiger partial charge in [-0.3, -0.25) is 9.80 Å². The van der Waals surface area contributed by atoms with Crippen molar-refractivity contribution in [2.24, 2.45) is 5.41 Å². The third kappa shape index (κ3) is 2.59. The van der Waals surface area contributed by atoms with Crippen LogP contribution in [0.15, 0.2) is 0 Å². The van der Waals surface area contributed by atoms with E-state index >= 15 is 0 Å². The van der Waals surface area contributed by atoms with Crippen LogP contribution in [0.3, 0.4) is 0 Å². The number of aliphatic hydroxyl groups is 1. The molecule has 1 aliphatic carbocycles. The number of nitrogens with zero attached hydrogens (tertiary/aromatic N) is 2. The highest BCUT2D eigenvalue weighted by Gasteiger charge is 2.43. The Morgan fingerprint density at radius 3 is 2.39 bits per heavy atom. The molecule has 1 saturated heterocycles. The van der Waals surface area contributed by atoms with Gasteiger partial charge in [0.25, 0.3) is 0 Å². The zero-order valence-electron chi connectivity index (χ0n) is 12.7. The minimum absolute atomic E-state index is 0.0798. The van der Waals surface area contributed by atoms with E-state index in [4.69, 9.17) is 0 Å². The first-order chi connectivity index (χ1) is 8.24. The molecule has 2 aliphatic rings. The van der Waals surface area contributed by atoms with Gasteiger partial charge in [0, 0.05) is 31.2 Å². The summed E-state index contributed by atoms with van der Waals surface area (Å²) in [4.78, 5) is 4.97. The van der Waals surface area contributed by atoms with E-state index in [1.54, 1.807) is 0 Å². The molecule has 2 fully saturated rings. The van der Waals surface area contributed by atoms with Crippen LogP contribution in [-0.4, -0.2) is 59.3 Å². The highest BCUT2D eigenvalue weighted by molar-refractivity contribution is 4.98. The lowest BCUT2D eigenvalue weighted by Gasteiger charge is -2.52. The number of rotatable bonds is 1. The highest BCUT2D eigenvalue weighted by Crippen LogP contribution is 2.38. The summed E-state index contributed by atoms with van der Waals surface area (Å²) >= 11 is 0. The second-order valence-corrected chi connectivity index (χ2v) is 7.60. The van der Waals surface area contributed by atoms with Crippen molar-refractivity contribution in [3.63, 3.8) is 0 Å². The Balaban J connectivity index is 2.08. The normalized spacial score (nSPS) is 37.7. The van der Waals surface area contributed by atoms with Gasteiger partial charge < -0.3 is 5.11 Å². The second-order valence-electron chi connectivity index (χ2n) is 7.60. The summed E-state index contributed by atoms with van der Waals surface area (Å²) in [5.41, 5.74) is 0.302. The molecule has 1 saturated carbocycles. The smallest absolute Gasteiger partial charge is 0.0746 e. The fourth-order valence-corrected chi connectivity index (χ4v) is 3.54. The SMILES string of the molecule is CN1CCN(C2CCCC(C)(C)C2O)CC1(C)C. The molecule has 0 spiro atoms. The summed E-state index contributed by atoms with van der Waals surface area (Å²) in [6, 6.07) is 0.363. The van der Waals surface area contributed by atoms with Gasteiger partial charge in [-0.25, -0.2) is 0 Å². The second kappa shape index (κ2) is 4.77. The predicted octanol–water partition coefficient (Wildman–Crippen LogP) is 1.95. The van der Waals surface area contributed by atoms with Gasteiger partial charge in [0.15, 0.2) is 0 Å². The molecule has 1 aliphatic heterocycles. The molecule has 3 heteroatoms. The van der Waals surface area contributed by atoms with Crippen LogP contribution in [0.4, 0.5) is 0 Å². The van der Waals surface area contributed by atoms with E-state index in [0.29, 0.717) is 6.04 Å². The first kappa shape index (κ1) is 14.3. The third-order valence-electron chi connectivity index (χ3n) is 5.30. The Hall–Kier alpha value is -0.120. The van der Waals surface area contributed by atoms with Crippen LogP contribution >= 0.6 is 0 Å². The van der Waals surface area contributed by atoms with Crippen LogP contribution in [0.5, 0.6) is 0 Å². The minimum Gasteiger partial charge on any atom is -0.391 e. The van der Waals surface area contributed by atoms with Crippen LogP contribution in [0.1, 0.15) is 47.0 Å². The molecule has 2 unspecified atom stereocenters. The van der Waals surface area contributed by atoms with E-state index < -0.39 is 0 Å². The lowest BCUT2D eigenvalue weighted by molar-refractivity contribution is -0.0842. The summed E-state index contributed by atoms with van der Waals surface area (Å²) in [5.74, 6) is 0. The van der Waals surface area contributed by atoms with Crippen molar-refractivity contribution in [3.05, 3.63) is 0 Å². The van der Waals surface area contributed by atoms with Gasteiger partial charge in [0.05, 0.1) is 6.10 Å². The van der Waals surface area contributed by atoms with Crippen molar-refractivity contribution in [2.75, 3.05) is 26.7 Å². The molecular weight excluding hydrogens is 224 g/mol. The van der Waals surface area contributed by atoms with Crippen molar-refractivity contribution in [1.82, 2.24) is 9.80 Å². The number of piperazine rings is 1. The van der Waals surface area contributed by atoms with E-state index in [9.17, 15) is 5.11 Å². The standard InChI is InChI=1S/C15H30N2O/c1-14(2)8-6-7-12(13(14)18)17-10-9-16(5)15(3,4)11-17/h12-13,18H,6-11H2,1-5H3. The van der Waals surface area contributed by atoms with Crippen LogP contribution in [0.2, 0.25) is 0 Å². The molecule has 2 atom stereocenters. The molecule has 0 amide bonds. The van der Waals surface area contributed by atoms with Crippen LogP contribution in [-0.2, 0) is 0 Å². The zero-order valence-corrected chi connectivity index (χ0v) is 12.7. The third-order valence-corrected chi connectivity index (χ3v) is 5.30. The first-order valence-corrected chi connectivity index (χ1v) is 7.37. The predicted molar refractivity (Wildman–Crippen MR) is 75.7 cm³/mol. The molecule has 0 radical (unpaired) electrons. The zero-order chi connectivity index (χ0) is 13.6.